The van der Waals surface area contributed by atoms with Crippen molar-refractivity contribution in [1.82, 2.24) is 5.43 Å². The fourth-order valence-electron chi connectivity index (χ4n) is 0.828. The molecule has 1 rings (SSSR count). The van der Waals surface area contributed by atoms with Gasteiger partial charge in [-0.1, -0.05) is 5.43 Å². The highest BCUT2D eigenvalue weighted by molar-refractivity contribution is 5.72. The van der Waals surface area contributed by atoms with E-state index in [4.69, 9.17) is 10.1 Å². The lowest BCUT2D eigenvalue weighted by Gasteiger charge is -2.41. The first-order valence-corrected chi connectivity index (χ1v) is 4.22. The smallest absolute Gasteiger partial charge is 0.248 e. The molecule has 0 aromatic heterocycles. The second-order valence-corrected chi connectivity index (χ2v) is 3.14. The molecule has 1 aliphatic rings. The Kier molecular flexibility index (Phi) is 5.52. The van der Waals surface area contributed by atoms with Gasteiger partial charge in [-0.25, -0.2) is 10.1 Å². The van der Waals surface area contributed by atoms with Crippen molar-refractivity contribution in [2.45, 2.75) is 0 Å². The maximum atomic E-state index is 11.0. The van der Waals surface area contributed by atoms with Gasteiger partial charge in [-0.2, -0.15) is 0 Å². The number of nitrogens with zero attached hydrogens (tertiary/aromatic N) is 2. The topological polar surface area (TPSA) is 137 Å². The van der Waals surface area contributed by atoms with Gasteiger partial charge in [0.25, 0.3) is 0 Å². The van der Waals surface area contributed by atoms with E-state index < -0.39 is 11.0 Å². The molecule has 0 aromatic carbocycles. The molecule has 9 heteroatoms. The summed E-state index contributed by atoms with van der Waals surface area (Å²) in [6, 6.07) is 0. The number of nitro groups is 1. The van der Waals surface area contributed by atoms with Crippen molar-refractivity contribution in [1.29, 1.82) is 5.41 Å². The summed E-state index contributed by atoms with van der Waals surface area (Å²) in [5, 5.41) is 25.6. The summed E-state index contributed by atoms with van der Waals surface area (Å²) in [5.74, 6) is -0.662. The van der Waals surface area contributed by atoms with E-state index in [-0.39, 0.29) is 4.65 Å². The SMILES string of the molecule is C[N+]1([O-])CCOCC1.N=C(N)N[N+](=O)[O-]. The summed E-state index contributed by atoms with van der Waals surface area (Å²) >= 11 is 0. The fraction of sp³-hybridized carbons (Fsp3) is 0.833. The molecule has 1 aliphatic heterocycles. The highest BCUT2D eigenvalue weighted by atomic mass is 16.7. The van der Waals surface area contributed by atoms with Crippen molar-refractivity contribution in [3.05, 3.63) is 15.3 Å². The number of nitrogens with two attached hydrogens (primary N) is 1. The fourth-order valence-corrected chi connectivity index (χ4v) is 0.828. The van der Waals surface area contributed by atoms with Crippen LogP contribution in [0.2, 0.25) is 0 Å². The second kappa shape index (κ2) is 6.11. The molecular weight excluding hydrogens is 206 g/mol. The minimum absolute atomic E-state index is 0.125. The summed E-state index contributed by atoms with van der Waals surface area (Å²) in [7, 11) is 1.68. The van der Waals surface area contributed by atoms with E-state index in [2.05, 4.69) is 5.73 Å². The summed E-state index contributed by atoms with van der Waals surface area (Å²) in [6.45, 7) is 2.47. The highest BCUT2D eigenvalue weighted by Gasteiger charge is 2.13. The van der Waals surface area contributed by atoms with Crippen molar-refractivity contribution in [3.8, 4) is 0 Å². The van der Waals surface area contributed by atoms with Crippen LogP contribution in [-0.2, 0) is 4.74 Å². The summed E-state index contributed by atoms with van der Waals surface area (Å²) in [6.07, 6.45) is 0. The van der Waals surface area contributed by atoms with Crippen LogP contribution in [0.4, 0.5) is 0 Å². The van der Waals surface area contributed by atoms with Crippen LogP contribution in [-0.4, -0.2) is 49.0 Å². The maximum Gasteiger partial charge on any atom is 0.248 e. The number of hydrogen-bond donors (Lipinski definition) is 3. The molecule has 0 aromatic rings. The number of ether oxygens (including phenoxy) is 1. The average Bonchev–Trinajstić information content (AvgIpc) is 2.01. The molecule has 88 valence electrons. The minimum Gasteiger partial charge on any atom is -0.633 e. The molecule has 0 bridgehead atoms. The van der Waals surface area contributed by atoms with Crippen molar-refractivity contribution < 1.29 is 14.4 Å². The molecule has 0 aliphatic carbocycles. The molecule has 0 spiro atoms. The number of hydrazine groups is 1. The first-order valence-electron chi connectivity index (χ1n) is 4.22. The maximum absolute atomic E-state index is 11.0. The molecule has 0 amide bonds. The van der Waals surface area contributed by atoms with E-state index in [9.17, 15) is 15.3 Å². The number of quaternary nitrogens is 1. The van der Waals surface area contributed by atoms with Crippen LogP contribution in [0.15, 0.2) is 0 Å². The first kappa shape index (κ1) is 13.5. The molecule has 1 heterocycles. The van der Waals surface area contributed by atoms with Gasteiger partial charge in [-0.3, -0.25) is 5.41 Å². The van der Waals surface area contributed by atoms with Gasteiger partial charge in [0.1, 0.15) is 13.1 Å². The van der Waals surface area contributed by atoms with Crippen molar-refractivity contribution in [3.63, 3.8) is 0 Å². The molecule has 1 fully saturated rings. The number of likely N-dealkylation sites (N-methyl/N-ethyl adjacent to an activating group) is 1. The zero-order valence-corrected chi connectivity index (χ0v) is 8.43. The second-order valence-electron chi connectivity index (χ2n) is 3.14. The molecule has 0 saturated carbocycles. The van der Waals surface area contributed by atoms with Crippen molar-refractivity contribution in [2.24, 2.45) is 5.73 Å². The standard InChI is InChI=1S/C5H11NO2.CH4N4O2/c1-6(7)2-4-8-5-3-6;2-1(3)4-5(6)7/h2-5H2,1H3;(H4,2,3,4). The molecular formula is C6H15N5O4. The van der Waals surface area contributed by atoms with E-state index in [0.717, 1.165) is 0 Å². The quantitative estimate of drug-likeness (QED) is 0.125. The van der Waals surface area contributed by atoms with Gasteiger partial charge in [-0.15, -0.1) is 0 Å². The Morgan fingerprint density at radius 2 is 2.07 bits per heavy atom. The van der Waals surface area contributed by atoms with Crippen molar-refractivity contribution >= 4 is 5.96 Å². The van der Waals surface area contributed by atoms with Gasteiger partial charge < -0.3 is 20.3 Å². The third-order valence-corrected chi connectivity index (χ3v) is 1.63. The van der Waals surface area contributed by atoms with Crippen LogP contribution in [0, 0.1) is 20.7 Å². The first-order chi connectivity index (χ1) is 6.83. The predicted octanol–water partition coefficient (Wildman–Crippen LogP) is -1.38. The number of guanidine groups is 1. The lowest BCUT2D eigenvalue weighted by atomic mass is 10.4. The monoisotopic (exact) mass is 221 g/mol. The molecule has 0 unspecified atom stereocenters. The normalized spacial score (nSPS) is 18.3. The van der Waals surface area contributed by atoms with E-state index >= 15 is 0 Å². The lowest BCUT2D eigenvalue weighted by molar-refractivity contribution is -0.869. The number of morpholine rings is 1. The van der Waals surface area contributed by atoms with E-state index in [0.29, 0.717) is 26.3 Å². The van der Waals surface area contributed by atoms with Crippen molar-refractivity contribution in [2.75, 3.05) is 33.4 Å². The molecule has 0 radical (unpaired) electrons. The Morgan fingerprint density at radius 3 is 2.20 bits per heavy atom. The summed E-state index contributed by atoms with van der Waals surface area (Å²) in [4.78, 5) is 9.28. The van der Waals surface area contributed by atoms with Gasteiger partial charge in [0.2, 0.25) is 5.96 Å². The van der Waals surface area contributed by atoms with Crippen LogP contribution in [0.1, 0.15) is 0 Å². The van der Waals surface area contributed by atoms with Gasteiger partial charge in [-0.05, 0) is 0 Å². The zero-order valence-electron chi connectivity index (χ0n) is 8.43. The Bertz CT molecular complexity index is 212. The molecule has 0 atom stereocenters. The zero-order chi connectivity index (χ0) is 11.9. The Balaban J connectivity index is 0.000000265. The lowest BCUT2D eigenvalue weighted by Crippen LogP contribution is -2.46. The van der Waals surface area contributed by atoms with Gasteiger partial charge in [0.15, 0.2) is 5.03 Å². The summed E-state index contributed by atoms with van der Waals surface area (Å²) < 4.78 is 4.86. The van der Waals surface area contributed by atoms with E-state index in [1.165, 1.54) is 5.43 Å². The Hall–Kier alpha value is -1.45. The Morgan fingerprint density at radius 1 is 1.60 bits per heavy atom. The average molecular weight is 221 g/mol. The van der Waals surface area contributed by atoms with Gasteiger partial charge >= 0.3 is 0 Å². The number of nitrogens with one attached hydrogen (secondary N) is 2. The highest BCUT2D eigenvalue weighted by Crippen LogP contribution is 2.02. The van der Waals surface area contributed by atoms with E-state index in [1.807, 2.05) is 0 Å². The van der Waals surface area contributed by atoms with Crippen LogP contribution in [0.25, 0.3) is 0 Å². The van der Waals surface area contributed by atoms with Crippen LogP contribution in [0.5, 0.6) is 0 Å². The molecule has 9 nitrogen and oxygen atoms in total. The molecule has 4 N–H and O–H groups in total. The van der Waals surface area contributed by atoms with Crippen LogP contribution >= 0.6 is 0 Å². The number of rotatable bonds is 1. The minimum atomic E-state index is -0.900. The number of hydrogen-bond acceptors (Lipinski definition) is 5. The van der Waals surface area contributed by atoms with Crippen LogP contribution < -0.4 is 11.2 Å². The number of hydroxylamine groups is 3. The molecule has 1 saturated heterocycles. The van der Waals surface area contributed by atoms with Crippen LogP contribution in [0.3, 0.4) is 0 Å². The Labute approximate surface area is 86.6 Å². The third kappa shape index (κ3) is 8.87. The van der Waals surface area contributed by atoms with Gasteiger partial charge in [0.05, 0.1) is 20.3 Å². The van der Waals surface area contributed by atoms with E-state index in [1.54, 1.807) is 7.05 Å². The largest absolute Gasteiger partial charge is 0.633 e. The predicted molar refractivity (Wildman–Crippen MR) is 52.1 cm³/mol. The third-order valence-electron chi connectivity index (χ3n) is 1.63. The van der Waals surface area contributed by atoms with Gasteiger partial charge in [0, 0.05) is 0 Å². The molecule has 15 heavy (non-hydrogen) atoms. The summed E-state index contributed by atoms with van der Waals surface area (Å²) in [5.41, 5.74) is 5.91.